The molecule has 5 N–H and O–H groups in total. The smallest absolute Gasteiger partial charge is 0.186 e. The molecule has 0 aromatic heterocycles. The third-order valence-electron chi connectivity index (χ3n) is 13.8. The van der Waals surface area contributed by atoms with Gasteiger partial charge < -0.3 is 44.5 Å². The van der Waals surface area contributed by atoms with Gasteiger partial charge in [0.25, 0.3) is 0 Å². The molecule has 0 amide bonds. The fourth-order valence-electron chi connectivity index (χ4n) is 11.1. The Kier molecular flexibility index (Phi) is 7.29. The Labute approximate surface area is 249 Å². The van der Waals surface area contributed by atoms with Crippen LogP contribution in [0.2, 0.25) is 0 Å². The van der Waals surface area contributed by atoms with Gasteiger partial charge in [-0.1, -0.05) is 39.3 Å². The minimum absolute atomic E-state index is 0.0517. The van der Waals surface area contributed by atoms with Crippen molar-refractivity contribution in [1.82, 2.24) is 0 Å². The normalized spacial score (nSPS) is 59.0. The van der Waals surface area contributed by atoms with Crippen LogP contribution in [0.5, 0.6) is 0 Å². The highest BCUT2D eigenvalue weighted by molar-refractivity contribution is 5.29. The zero-order chi connectivity index (χ0) is 29.8. The van der Waals surface area contributed by atoms with Crippen LogP contribution in [0, 0.1) is 40.4 Å². The summed E-state index contributed by atoms with van der Waals surface area (Å²) in [5, 5.41) is 53.0. The molecule has 0 aromatic rings. The molecular weight excluding hydrogens is 540 g/mol. The van der Waals surface area contributed by atoms with Crippen LogP contribution in [0.4, 0.5) is 0 Å². The van der Waals surface area contributed by atoms with Gasteiger partial charge in [-0.15, -0.1) is 0 Å². The van der Waals surface area contributed by atoms with Crippen molar-refractivity contribution in [2.75, 3.05) is 13.2 Å². The van der Waals surface area contributed by atoms with Crippen LogP contribution in [0.1, 0.15) is 85.5 Å². The topological polar surface area (TPSA) is 138 Å². The predicted molar refractivity (Wildman–Crippen MR) is 152 cm³/mol. The fraction of sp³-hybridized carbons (Fsp3) is 0.939. The number of rotatable bonds is 3. The van der Waals surface area contributed by atoms with Crippen LogP contribution in [0.3, 0.4) is 0 Å². The maximum Gasteiger partial charge on any atom is 0.186 e. The first-order valence-corrected chi connectivity index (χ1v) is 16.6. The Hall–Kier alpha value is -0.620. The monoisotopic (exact) mass is 592 g/mol. The lowest BCUT2D eigenvalue weighted by Gasteiger charge is -2.60. The summed E-state index contributed by atoms with van der Waals surface area (Å²) >= 11 is 0. The highest BCUT2D eigenvalue weighted by Crippen LogP contribution is 2.72. The molecule has 16 atom stereocenters. The molecule has 238 valence electrons. The van der Waals surface area contributed by atoms with Gasteiger partial charge in [-0.05, 0) is 80.5 Å². The summed E-state index contributed by atoms with van der Waals surface area (Å²) < 4.78 is 25.0. The maximum absolute atomic E-state index is 12.6. The average Bonchev–Trinajstić information content (AvgIpc) is 3.33. The number of hydrogen-bond donors (Lipinski definition) is 5. The van der Waals surface area contributed by atoms with Gasteiger partial charge in [0.1, 0.15) is 30.0 Å². The van der Waals surface area contributed by atoms with Gasteiger partial charge >= 0.3 is 0 Å². The second-order valence-corrected chi connectivity index (χ2v) is 15.6. The van der Waals surface area contributed by atoms with Crippen molar-refractivity contribution in [2.45, 2.75) is 140 Å². The van der Waals surface area contributed by atoms with Crippen LogP contribution in [0.25, 0.3) is 0 Å². The first-order valence-electron chi connectivity index (χ1n) is 16.6. The number of fused-ring (bicyclic) bond motifs is 7. The molecule has 9 nitrogen and oxygen atoms in total. The van der Waals surface area contributed by atoms with Crippen molar-refractivity contribution in [3.05, 3.63) is 11.6 Å². The molecule has 4 aliphatic carbocycles. The molecule has 3 saturated carbocycles. The highest BCUT2D eigenvalue weighted by Gasteiger charge is 2.76. The average molecular weight is 593 g/mol. The Bertz CT molecular complexity index is 1070. The van der Waals surface area contributed by atoms with Crippen LogP contribution in [-0.2, 0) is 18.9 Å². The second-order valence-electron chi connectivity index (χ2n) is 15.6. The van der Waals surface area contributed by atoms with E-state index in [2.05, 4.69) is 33.8 Å². The molecule has 0 radical (unpaired) electrons. The summed E-state index contributed by atoms with van der Waals surface area (Å²) in [6, 6.07) is 0. The zero-order valence-electron chi connectivity index (χ0n) is 25.7. The van der Waals surface area contributed by atoms with Gasteiger partial charge in [-0.3, -0.25) is 0 Å². The first kappa shape index (κ1) is 30.1. The molecule has 42 heavy (non-hydrogen) atoms. The first-order chi connectivity index (χ1) is 19.9. The Morgan fingerprint density at radius 1 is 0.976 bits per heavy atom. The highest BCUT2D eigenvalue weighted by atomic mass is 16.7. The Morgan fingerprint density at radius 3 is 2.48 bits per heavy atom. The Balaban J connectivity index is 1.07. The third-order valence-corrected chi connectivity index (χ3v) is 13.8. The number of allylic oxidation sites excluding steroid dienone is 1. The van der Waals surface area contributed by atoms with E-state index in [1.165, 1.54) is 5.57 Å². The van der Waals surface area contributed by atoms with E-state index < -0.39 is 48.7 Å². The van der Waals surface area contributed by atoms with Gasteiger partial charge in [0.15, 0.2) is 12.1 Å². The van der Waals surface area contributed by atoms with Crippen LogP contribution in [-0.4, -0.2) is 93.0 Å². The quantitative estimate of drug-likeness (QED) is 0.313. The van der Waals surface area contributed by atoms with Gasteiger partial charge in [-0.2, -0.15) is 0 Å². The number of hydrogen-bond acceptors (Lipinski definition) is 9. The third kappa shape index (κ3) is 4.00. The summed E-state index contributed by atoms with van der Waals surface area (Å²) in [5.41, 5.74) is 0.360. The van der Waals surface area contributed by atoms with Crippen LogP contribution in [0.15, 0.2) is 11.6 Å². The van der Waals surface area contributed by atoms with Crippen molar-refractivity contribution in [3.8, 4) is 0 Å². The Morgan fingerprint density at radius 2 is 1.76 bits per heavy atom. The van der Waals surface area contributed by atoms with Gasteiger partial charge in [0.05, 0.1) is 25.4 Å². The van der Waals surface area contributed by atoms with E-state index in [0.717, 1.165) is 57.8 Å². The fourth-order valence-corrected chi connectivity index (χ4v) is 11.1. The minimum atomic E-state index is -1.43. The van der Waals surface area contributed by atoms with Gasteiger partial charge in [0.2, 0.25) is 0 Å². The van der Waals surface area contributed by atoms with Crippen molar-refractivity contribution in [2.24, 2.45) is 40.4 Å². The molecule has 1 spiro atoms. The van der Waals surface area contributed by atoms with E-state index in [4.69, 9.17) is 18.9 Å². The van der Waals surface area contributed by atoms with Crippen LogP contribution >= 0.6 is 0 Å². The van der Waals surface area contributed by atoms with E-state index in [9.17, 15) is 25.5 Å². The molecule has 9 heteroatoms. The lowest BCUT2D eigenvalue weighted by Crippen LogP contribution is -2.60. The van der Waals surface area contributed by atoms with Crippen LogP contribution < -0.4 is 0 Å². The summed E-state index contributed by atoms with van der Waals surface area (Å²) in [7, 11) is 0. The SMILES string of the molecule is C[C@@H]1CC[C@]2(OC1)O[C@@H]1C[C@@H]3[C@H]4CC=C5C[C@@H](O[C@@H]6O[C@@H](CO)[C@H](O)[C@H](O)[C@@H]6O)CC[C@]5(C)[C@@H]4CC[C@]3(C)[C@@]1(O)[C@@H]2C. The van der Waals surface area contributed by atoms with E-state index in [-0.39, 0.29) is 29.0 Å². The summed E-state index contributed by atoms with van der Waals surface area (Å²) in [5.74, 6) is 1.24. The number of ether oxygens (including phenoxy) is 4. The van der Waals surface area contributed by atoms with Gasteiger partial charge in [0, 0.05) is 17.8 Å². The molecule has 3 saturated heterocycles. The summed E-state index contributed by atoms with van der Waals surface area (Å²) in [6.07, 6.45) is 4.17. The van der Waals surface area contributed by atoms with E-state index in [0.29, 0.717) is 30.3 Å². The van der Waals surface area contributed by atoms with Crippen molar-refractivity contribution >= 4 is 0 Å². The molecule has 3 heterocycles. The molecule has 3 aliphatic heterocycles. The van der Waals surface area contributed by atoms with Crippen molar-refractivity contribution in [1.29, 1.82) is 0 Å². The largest absolute Gasteiger partial charge is 0.394 e. The van der Waals surface area contributed by atoms with E-state index in [1.807, 2.05) is 0 Å². The second kappa shape index (κ2) is 10.2. The minimum Gasteiger partial charge on any atom is -0.394 e. The molecular formula is C33H52O9. The molecule has 7 rings (SSSR count). The van der Waals surface area contributed by atoms with E-state index in [1.54, 1.807) is 0 Å². The lowest BCUT2D eigenvalue weighted by molar-refractivity contribution is -0.313. The van der Waals surface area contributed by atoms with Crippen molar-refractivity contribution < 1.29 is 44.5 Å². The standard InChI is InChI=1S/C33H52O9/c1-17-7-12-32(39-16-17)18(2)33(38)25(42-32)14-23-21-6-5-19-13-20(8-10-30(19,3)22(21)9-11-31(23,33)4)40-29-28(37)27(36)26(35)24(15-34)41-29/h5,17-18,20-29,34-38H,6-16H2,1-4H3/t17-,18-,20+,21+,22-,23-,24+,25-,26+,27+,28+,29-,30+,31+,32+,33-/m1/s1. The molecule has 0 bridgehead atoms. The number of aliphatic hydroxyl groups excluding tert-OH is 4. The zero-order valence-corrected chi connectivity index (χ0v) is 25.7. The molecule has 0 aromatic carbocycles. The molecule has 0 unspecified atom stereocenters. The van der Waals surface area contributed by atoms with Gasteiger partial charge in [-0.25, -0.2) is 0 Å². The predicted octanol–water partition coefficient (Wildman–Crippen LogP) is 2.65. The summed E-state index contributed by atoms with van der Waals surface area (Å²) in [6.45, 7) is 9.39. The number of aliphatic hydroxyl groups is 5. The lowest BCUT2D eigenvalue weighted by atomic mass is 9.46. The summed E-state index contributed by atoms with van der Waals surface area (Å²) in [4.78, 5) is 0. The van der Waals surface area contributed by atoms with E-state index >= 15 is 0 Å². The van der Waals surface area contributed by atoms with Crippen molar-refractivity contribution in [3.63, 3.8) is 0 Å². The molecule has 7 aliphatic rings. The molecule has 6 fully saturated rings. The maximum atomic E-state index is 12.6.